The number of hydrazine groups is 1. The molecule has 0 aromatic heterocycles. The minimum atomic E-state index is -2.91. The van der Waals surface area contributed by atoms with Gasteiger partial charge >= 0.3 is 0 Å². The highest BCUT2D eigenvalue weighted by Crippen LogP contribution is 2.25. The first-order chi connectivity index (χ1) is 11.4. The van der Waals surface area contributed by atoms with Crippen LogP contribution in [0.15, 0.2) is 11.8 Å². The Labute approximate surface area is 139 Å². The predicted octanol–water partition coefficient (Wildman–Crippen LogP) is -0.360. The summed E-state index contributed by atoms with van der Waals surface area (Å²) in [5.74, 6) is 5.03. The first kappa shape index (κ1) is 23.1. The number of alkyl halides is 5. The van der Waals surface area contributed by atoms with Crippen molar-refractivity contribution in [2.75, 3.05) is 32.8 Å². The van der Waals surface area contributed by atoms with Gasteiger partial charge in [-0.05, 0) is 11.9 Å². The number of hydrogen-bond donors (Lipinski definition) is 4. The van der Waals surface area contributed by atoms with E-state index in [1.807, 2.05) is 5.43 Å². The Hall–Kier alpha value is -0.905. The van der Waals surface area contributed by atoms with Crippen LogP contribution in [0.5, 0.6) is 0 Å². The van der Waals surface area contributed by atoms with Gasteiger partial charge in [-0.3, -0.25) is 5.84 Å². The zero-order valence-electron chi connectivity index (χ0n) is 13.7. The van der Waals surface area contributed by atoms with Crippen LogP contribution in [0.1, 0.15) is 0 Å². The molecule has 0 saturated heterocycles. The van der Waals surface area contributed by atoms with Crippen molar-refractivity contribution in [2.45, 2.75) is 37.2 Å². The van der Waals surface area contributed by atoms with Gasteiger partial charge in [0.2, 0.25) is 0 Å². The highest BCUT2D eigenvalue weighted by Gasteiger charge is 2.40. The minimum absolute atomic E-state index is 0.172. The van der Waals surface area contributed by atoms with Gasteiger partial charge in [0.25, 0.3) is 0 Å². The minimum Gasteiger partial charge on any atom is -0.379 e. The average molecular weight is 360 g/mol. The fraction of sp³-hybridized carbons (Fsp3) is 0.846. The molecule has 0 saturated carbocycles. The van der Waals surface area contributed by atoms with Gasteiger partial charge in [-0.15, -0.1) is 0 Å². The third-order valence-electron chi connectivity index (χ3n) is 3.26. The largest absolute Gasteiger partial charge is 0.379 e. The summed E-state index contributed by atoms with van der Waals surface area (Å²) in [6.45, 7) is 1.13. The molecule has 0 radical (unpaired) electrons. The molecule has 5 unspecified atom stereocenters. The molecule has 0 fully saturated rings. The van der Waals surface area contributed by atoms with E-state index in [1.165, 1.54) is 7.85 Å². The Balaban J connectivity index is 4.55. The molecule has 0 amide bonds. The maximum Gasteiger partial charge on any atom is 0.169 e. The van der Waals surface area contributed by atoms with Crippen LogP contribution in [0.3, 0.4) is 0 Å². The van der Waals surface area contributed by atoms with Crippen molar-refractivity contribution >= 4 is 7.85 Å². The van der Waals surface area contributed by atoms with Crippen LogP contribution in [-0.4, -0.2) is 71.6 Å². The first-order valence-electron chi connectivity index (χ1n) is 7.74. The lowest BCUT2D eigenvalue weighted by molar-refractivity contribution is 0.0133. The van der Waals surface area contributed by atoms with Crippen molar-refractivity contribution in [3.8, 4) is 0 Å². The van der Waals surface area contributed by atoms with Gasteiger partial charge in [-0.1, -0.05) is 0 Å². The number of rotatable bonds is 14. The van der Waals surface area contributed by atoms with E-state index < -0.39 is 30.9 Å². The molecule has 0 aromatic carbocycles. The van der Waals surface area contributed by atoms with Gasteiger partial charge in [0, 0.05) is 25.8 Å². The summed E-state index contributed by atoms with van der Waals surface area (Å²) < 4.78 is 73.2. The van der Waals surface area contributed by atoms with E-state index in [0.717, 1.165) is 6.20 Å². The Morgan fingerprint density at radius 1 is 1.08 bits per heavy atom. The third kappa shape index (κ3) is 8.27. The van der Waals surface area contributed by atoms with Crippen LogP contribution in [0.2, 0.25) is 6.32 Å². The van der Waals surface area contributed by atoms with Crippen LogP contribution in [-0.2, 0) is 4.74 Å². The van der Waals surface area contributed by atoms with Crippen LogP contribution >= 0.6 is 0 Å². The molecule has 0 rings (SSSR count). The lowest BCUT2D eigenvalue weighted by Gasteiger charge is -2.24. The predicted molar refractivity (Wildman–Crippen MR) is 86.0 cm³/mol. The maximum atomic E-state index is 14.1. The third-order valence-corrected chi connectivity index (χ3v) is 3.26. The molecule has 0 spiro atoms. The molecule has 0 aliphatic heterocycles. The van der Waals surface area contributed by atoms with E-state index in [4.69, 9.17) is 16.3 Å². The van der Waals surface area contributed by atoms with Crippen molar-refractivity contribution < 1.29 is 26.7 Å². The van der Waals surface area contributed by atoms with E-state index in [-0.39, 0.29) is 25.0 Å². The van der Waals surface area contributed by atoms with E-state index in [9.17, 15) is 22.0 Å². The Morgan fingerprint density at radius 2 is 1.75 bits per heavy atom. The summed E-state index contributed by atoms with van der Waals surface area (Å²) in [4.78, 5) is 0. The van der Waals surface area contributed by atoms with Gasteiger partial charge < -0.3 is 21.2 Å². The molecule has 24 heavy (non-hydrogen) atoms. The molecule has 6 N–H and O–H groups in total. The number of nitrogens with two attached hydrogens (primary N) is 2. The van der Waals surface area contributed by atoms with Crippen molar-refractivity contribution in [3.63, 3.8) is 0 Å². The summed E-state index contributed by atoms with van der Waals surface area (Å²) in [5, 5.41) is 2.74. The van der Waals surface area contributed by atoms with Crippen molar-refractivity contribution in [3.05, 3.63) is 11.8 Å². The van der Waals surface area contributed by atoms with E-state index in [2.05, 4.69) is 5.32 Å². The molecule has 0 aliphatic rings. The second-order valence-corrected chi connectivity index (χ2v) is 5.12. The number of ether oxygens (including phenoxy) is 1. The molecular weight excluding hydrogens is 334 g/mol. The zero-order chi connectivity index (χ0) is 18.5. The van der Waals surface area contributed by atoms with Crippen LogP contribution < -0.4 is 22.3 Å². The zero-order valence-corrected chi connectivity index (χ0v) is 13.7. The number of hydrogen-bond acceptors (Lipinski definition) is 5. The topological polar surface area (TPSA) is 85.3 Å². The second-order valence-electron chi connectivity index (χ2n) is 5.12. The highest BCUT2D eigenvalue weighted by molar-refractivity contribution is 6.08. The highest BCUT2D eigenvalue weighted by atomic mass is 19.2. The van der Waals surface area contributed by atoms with E-state index in [0.29, 0.717) is 19.7 Å². The van der Waals surface area contributed by atoms with Crippen molar-refractivity contribution in [2.24, 2.45) is 11.6 Å². The van der Waals surface area contributed by atoms with E-state index in [1.54, 1.807) is 0 Å². The van der Waals surface area contributed by atoms with Crippen molar-refractivity contribution in [1.82, 2.24) is 10.7 Å². The maximum absolute atomic E-state index is 14.1. The Morgan fingerprint density at radius 3 is 2.29 bits per heavy atom. The van der Waals surface area contributed by atoms with Crippen LogP contribution in [0, 0.1) is 0 Å². The van der Waals surface area contributed by atoms with Gasteiger partial charge in [0.05, 0.1) is 13.2 Å². The fourth-order valence-electron chi connectivity index (χ4n) is 1.86. The Bertz CT molecular complexity index is 356. The summed E-state index contributed by atoms with van der Waals surface area (Å²) in [5.41, 5.74) is 6.99. The molecule has 0 heterocycles. The molecule has 0 aliphatic carbocycles. The summed E-state index contributed by atoms with van der Waals surface area (Å²) in [6.07, 6.45) is -12.5. The lowest BCUT2D eigenvalue weighted by Crippen LogP contribution is -2.42. The SMILES string of the molecule is BCC(F)C(F)C(F)C(F)C(F)/C(=C/NN)CNCCOCCN. The smallest absolute Gasteiger partial charge is 0.169 e. The molecule has 142 valence electrons. The first-order valence-corrected chi connectivity index (χ1v) is 7.74. The Kier molecular flexibility index (Phi) is 12.9. The average Bonchev–Trinajstić information content (AvgIpc) is 2.60. The van der Waals surface area contributed by atoms with Gasteiger partial charge in [0.15, 0.2) is 24.7 Å². The number of halogens is 5. The van der Waals surface area contributed by atoms with Crippen LogP contribution in [0.25, 0.3) is 0 Å². The van der Waals surface area contributed by atoms with Crippen molar-refractivity contribution in [1.29, 1.82) is 0 Å². The fourth-order valence-corrected chi connectivity index (χ4v) is 1.86. The van der Waals surface area contributed by atoms with Gasteiger partial charge in [-0.25, -0.2) is 22.0 Å². The molecular formula is C13H26BF5N4O. The molecule has 5 nitrogen and oxygen atoms in total. The standard InChI is InChI=1S/C13H26BF5N4O/c14-5-9(15)11(17)13(19)12(18)10(16)8(7-23-21)6-22-2-4-24-3-1-20/h7,9-13,22-23H,1-6,14,20-21H2/b8-7+. The summed E-state index contributed by atoms with van der Waals surface area (Å²) in [7, 11) is 1.28. The van der Waals surface area contributed by atoms with Gasteiger partial charge in [-0.2, -0.15) is 0 Å². The second kappa shape index (κ2) is 13.4. The monoisotopic (exact) mass is 360 g/mol. The van der Waals surface area contributed by atoms with E-state index >= 15 is 0 Å². The van der Waals surface area contributed by atoms with Gasteiger partial charge in [0.1, 0.15) is 14.0 Å². The lowest BCUT2D eigenvalue weighted by atomic mass is 9.92. The van der Waals surface area contributed by atoms with Crippen LogP contribution in [0.4, 0.5) is 22.0 Å². The number of nitrogens with one attached hydrogen (secondary N) is 2. The molecule has 0 aromatic rings. The summed E-state index contributed by atoms with van der Waals surface area (Å²) in [6, 6.07) is 0. The summed E-state index contributed by atoms with van der Waals surface area (Å²) >= 11 is 0. The molecule has 0 bridgehead atoms. The normalized spacial score (nSPS) is 18.7. The quantitative estimate of drug-likeness (QED) is 0.112. The molecule has 5 atom stereocenters. The molecule has 11 heteroatoms.